The second kappa shape index (κ2) is 4.39. The van der Waals surface area contributed by atoms with Crippen molar-refractivity contribution in [3.05, 3.63) is 22.7 Å². The first-order valence-electron chi connectivity index (χ1n) is 4.57. The first-order valence-corrected chi connectivity index (χ1v) is 5.28. The number of halogens is 2. The molecule has 6 heteroatoms. The molecule has 0 saturated heterocycles. The zero-order valence-corrected chi connectivity index (χ0v) is 10.3. The largest absolute Gasteiger partial charge is 0.493 e. The molecule has 0 bridgehead atoms. The van der Waals surface area contributed by atoms with Gasteiger partial charge in [-0.05, 0) is 6.07 Å². The van der Waals surface area contributed by atoms with Crippen LogP contribution in [-0.4, -0.2) is 25.3 Å². The third-order valence-electron chi connectivity index (χ3n) is 2.30. The van der Waals surface area contributed by atoms with E-state index in [0.717, 1.165) is 10.6 Å². The molecule has 0 N–H and O–H groups in total. The zero-order chi connectivity index (χ0) is 11.7. The van der Waals surface area contributed by atoms with E-state index in [2.05, 4.69) is 4.99 Å². The fraction of sp³-hybridized carbons (Fsp3) is 0.300. The molecular weight excluding hydrogens is 251 g/mol. The van der Waals surface area contributed by atoms with Gasteiger partial charge in [0.05, 0.1) is 19.6 Å². The van der Waals surface area contributed by atoms with Crippen molar-refractivity contribution in [1.29, 1.82) is 0 Å². The molecule has 4 nitrogen and oxygen atoms in total. The molecule has 0 unspecified atom stereocenters. The molecule has 0 atom stereocenters. The minimum atomic E-state index is 0.322. The third-order valence-corrected chi connectivity index (χ3v) is 3.07. The number of fused-ring (bicyclic) bond motifs is 1. The summed E-state index contributed by atoms with van der Waals surface area (Å²) in [5.74, 6) is 1.22. The molecule has 16 heavy (non-hydrogen) atoms. The van der Waals surface area contributed by atoms with Crippen molar-refractivity contribution >= 4 is 28.5 Å². The van der Waals surface area contributed by atoms with Gasteiger partial charge in [-0.1, -0.05) is 11.6 Å². The highest BCUT2D eigenvalue weighted by molar-refractivity contribution is 6.47. The molecule has 1 aromatic rings. The van der Waals surface area contributed by atoms with Crippen molar-refractivity contribution < 1.29 is 9.47 Å². The van der Waals surface area contributed by atoms with Gasteiger partial charge in [-0.3, -0.25) is 9.41 Å². The molecule has 0 aliphatic carbocycles. The quantitative estimate of drug-likeness (QED) is 0.589. The van der Waals surface area contributed by atoms with Crippen molar-refractivity contribution in [2.45, 2.75) is 0 Å². The average Bonchev–Trinajstić information content (AvgIpc) is 2.32. The van der Waals surface area contributed by atoms with E-state index in [9.17, 15) is 0 Å². The van der Waals surface area contributed by atoms with E-state index in [4.69, 9.17) is 32.9 Å². The molecule has 2 rings (SSSR count). The van der Waals surface area contributed by atoms with Crippen LogP contribution in [0.5, 0.6) is 11.5 Å². The Balaban J connectivity index is 2.76. The number of rotatable bonds is 2. The Morgan fingerprint density at radius 1 is 1.25 bits per heavy atom. The SMILES string of the molecule is COc1cc2c(cc1OC)=C(Cl)N(Cl)CN=2. The Morgan fingerprint density at radius 3 is 2.50 bits per heavy atom. The molecule has 0 amide bonds. The monoisotopic (exact) mass is 260 g/mol. The average molecular weight is 261 g/mol. The third kappa shape index (κ3) is 1.79. The van der Waals surface area contributed by atoms with Crippen LogP contribution in [0, 0.1) is 0 Å². The van der Waals surface area contributed by atoms with Crippen LogP contribution in [0.3, 0.4) is 0 Å². The minimum Gasteiger partial charge on any atom is -0.493 e. The summed E-state index contributed by atoms with van der Waals surface area (Å²) in [6, 6.07) is 3.54. The van der Waals surface area contributed by atoms with Crippen LogP contribution in [-0.2, 0) is 0 Å². The highest BCUT2D eigenvalue weighted by atomic mass is 35.5. The number of ether oxygens (including phenoxy) is 2. The van der Waals surface area contributed by atoms with Crippen LogP contribution in [0.2, 0.25) is 0 Å². The van der Waals surface area contributed by atoms with E-state index < -0.39 is 0 Å². The lowest BCUT2D eigenvalue weighted by molar-refractivity contribution is 0.353. The Morgan fingerprint density at radius 2 is 1.88 bits per heavy atom. The smallest absolute Gasteiger partial charge is 0.162 e. The highest BCUT2D eigenvalue weighted by Crippen LogP contribution is 2.23. The van der Waals surface area contributed by atoms with Crippen molar-refractivity contribution in [2.75, 3.05) is 20.9 Å². The highest BCUT2D eigenvalue weighted by Gasteiger charge is 2.13. The summed E-state index contributed by atoms with van der Waals surface area (Å²) in [4.78, 5) is 4.26. The summed E-state index contributed by atoms with van der Waals surface area (Å²) < 4.78 is 11.7. The van der Waals surface area contributed by atoms with Crippen LogP contribution in [0.4, 0.5) is 0 Å². The number of benzene rings is 1. The summed E-state index contributed by atoms with van der Waals surface area (Å²) in [6.45, 7) is 0.322. The van der Waals surface area contributed by atoms with Gasteiger partial charge in [-0.25, -0.2) is 0 Å². The van der Waals surface area contributed by atoms with E-state index >= 15 is 0 Å². The van der Waals surface area contributed by atoms with Crippen LogP contribution in [0.1, 0.15) is 0 Å². The van der Waals surface area contributed by atoms with E-state index in [0.29, 0.717) is 23.3 Å². The second-order valence-electron chi connectivity index (χ2n) is 3.18. The summed E-state index contributed by atoms with van der Waals surface area (Å²) in [5.41, 5.74) is 0. The van der Waals surface area contributed by atoms with Crippen molar-refractivity contribution in [3.8, 4) is 11.5 Å². The molecule has 0 spiro atoms. The van der Waals surface area contributed by atoms with Gasteiger partial charge in [-0.2, -0.15) is 0 Å². The summed E-state index contributed by atoms with van der Waals surface area (Å²) in [7, 11) is 3.14. The van der Waals surface area contributed by atoms with Gasteiger partial charge in [0.1, 0.15) is 11.8 Å². The number of hydrogen-bond acceptors (Lipinski definition) is 4. The maximum absolute atomic E-state index is 6.08. The van der Waals surface area contributed by atoms with Gasteiger partial charge in [0.25, 0.3) is 0 Å². The predicted molar refractivity (Wildman–Crippen MR) is 62.1 cm³/mol. The van der Waals surface area contributed by atoms with Crippen LogP contribution < -0.4 is 20.0 Å². The van der Waals surface area contributed by atoms with E-state index in [1.165, 1.54) is 4.42 Å². The Kier molecular flexibility index (Phi) is 3.12. The van der Waals surface area contributed by atoms with Crippen LogP contribution >= 0.6 is 23.4 Å². The zero-order valence-electron chi connectivity index (χ0n) is 8.83. The molecular formula is C10H10Cl2N2O2. The number of hydrogen-bond donors (Lipinski definition) is 0. The second-order valence-corrected chi connectivity index (χ2v) is 3.94. The van der Waals surface area contributed by atoms with Gasteiger partial charge >= 0.3 is 0 Å². The molecule has 0 fully saturated rings. The Hall–Kier alpha value is -1.13. The lowest BCUT2D eigenvalue weighted by Gasteiger charge is -2.16. The molecule has 1 aromatic carbocycles. The molecule has 1 aliphatic heterocycles. The lowest BCUT2D eigenvalue weighted by Crippen LogP contribution is -2.35. The van der Waals surface area contributed by atoms with Crippen LogP contribution in [0.15, 0.2) is 17.1 Å². The molecule has 1 heterocycles. The summed E-state index contributed by atoms with van der Waals surface area (Å²) in [5, 5.41) is 1.92. The van der Waals surface area contributed by atoms with E-state index in [1.807, 2.05) is 0 Å². The first kappa shape index (κ1) is 11.4. The molecule has 0 saturated carbocycles. The van der Waals surface area contributed by atoms with Crippen molar-refractivity contribution in [2.24, 2.45) is 4.99 Å². The van der Waals surface area contributed by atoms with Crippen molar-refractivity contribution in [1.82, 2.24) is 4.42 Å². The van der Waals surface area contributed by atoms with Crippen LogP contribution in [0.25, 0.3) is 5.16 Å². The van der Waals surface area contributed by atoms with E-state index in [1.54, 1.807) is 26.4 Å². The first-order chi connectivity index (χ1) is 7.67. The van der Waals surface area contributed by atoms with Gasteiger partial charge in [-0.15, -0.1) is 0 Å². The molecule has 1 aliphatic rings. The minimum absolute atomic E-state index is 0.322. The van der Waals surface area contributed by atoms with Gasteiger partial charge in [0.15, 0.2) is 11.5 Å². The van der Waals surface area contributed by atoms with E-state index in [-0.39, 0.29) is 0 Å². The maximum atomic E-state index is 6.08. The Bertz CT molecular complexity index is 530. The van der Waals surface area contributed by atoms with Gasteiger partial charge in [0, 0.05) is 23.1 Å². The molecule has 0 radical (unpaired) electrons. The normalized spacial score (nSPS) is 14.2. The fourth-order valence-corrected chi connectivity index (χ4v) is 1.84. The standard InChI is InChI=1S/C10H10Cl2N2O2/c1-15-8-3-6-7(4-9(8)16-2)13-5-14(12)10(6)11/h3-4H,5H2,1-2H3. The number of methoxy groups -OCH3 is 2. The topological polar surface area (TPSA) is 34.1 Å². The fourth-order valence-electron chi connectivity index (χ4n) is 1.50. The lowest BCUT2D eigenvalue weighted by atomic mass is 10.2. The summed E-state index contributed by atoms with van der Waals surface area (Å²) >= 11 is 11.9. The number of nitrogens with zero attached hydrogens (tertiary/aromatic N) is 2. The van der Waals surface area contributed by atoms with Gasteiger partial charge < -0.3 is 9.47 Å². The molecule has 0 aromatic heterocycles. The Labute approximate surface area is 103 Å². The van der Waals surface area contributed by atoms with Gasteiger partial charge in [0.2, 0.25) is 0 Å². The maximum Gasteiger partial charge on any atom is 0.162 e. The predicted octanol–water partition coefficient (Wildman–Crippen LogP) is 1.05. The van der Waals surface area contributed by atoms with Crippen molar-refractivity contribution in [3.63, 3.8) is 0 Å². The molecule has 86 valence electrons. The summed E-state index contributed by atoms with van der Waals surface area (Å²) in [6.07, 6.45) is 0.